The highest BCUT2D eigenvalue weighted by atomic mass is 16.5. The van der Waals surface area contributed by atoms with E-state index in [4.69, 9.17) is 4.74 Å². The highest BCUT2D eigenvalue weighted by molar-refractivity contribution is 5.95. The summed E-state index contributed by atoms with van der Waals surface area (Å²) < 4.78 is 5.98. The number of hydrogen-bond acceptors (Lipinski definition) is 2. The maximum absolute atomic E-state index is 5.98. The highest BCUT2D eigenvalue weighted by Crippen LogP contribution is 2.28. The molecule has 0 aromatic heterocycles. The van der Waals surface area contributed by atoms with Crippen LogP contribution in [0.2, 0.25) is 0 Å². The van der Waals surface area contributed by atoms with Crippen molar-refractivity contribution in [3.8, 4) is 0 Å². The molecule has 0 N–H and O–H groups in total. The molecule has 0 spiro atoms. The van der Waals surface area contributed by atoms with Crippen LogP contribution in [0.4, 0.5) is 0 Å². The third-order valence-electron chi connectivity index (χ3n) is 3.13. The zero-order valence-corrected chi connectivity index (χ0v) is 9.36. The molecule has 0 fully saturated rings. The zero-order valence-electron chi connectivity index (χ0n) is 9.36. The van der Waals surface area contributed by atoms with E-state index in [1.165, 1.54) is 0 Å². The minimum atomic E-state index is -0.0504. The molecule has 0 saturated heterocycles. The fourth-order valence-corrected chi connectivity index (χ4v) is 1.83. The van der Waals surface area contributed by atoms with Gasteiger partial charge in [0.05, 0.1) is 6.54 Å². The van der Waals surface area contributed by atoms with Crippen LogP contribution in [-0.2, 0) is 4.74 Å². The Kier molecular flexibility index (Phi) is 2.76. The minimum Gasteiger partial charge on any atom is -0.469 e. The van der Waals surface area contributed by atoms with E-state index in [1.54, 1.807) is 0 Å². The van der Waals surface area contributed by atoms with Gasteiger partial charge in [-0.25, -0.2) is 4.99 Å². The molecule has 1 aliphatic heterocycles. The van der Waals surface area contributed by atoms with Crippen molar-refractivity contribution in [3.63, 3.8) is 0 Å². The van der Waals surface area contributed by atoms with Crippen LogP contribution < -0.4 is 0 Å². The van der Waals surface area contributed by atoms with E-state index in [0.717, 1.165) is 30.8 Å². The lowest BCUT2D eigenvalue weighted by molar-refractivity contribution is 0.0795. The predicted octanol–water partition coefficient (Wildman–Crippen LogP) is 3.02. The van der Waals surface area contributed by atoms with Gasteiger partial charge in [-0.15, -0.1) is 0 Å². The first-order chi connectivity index (χ1) is 7.29. The summed E-state index contributed by atoms with van der Waals surface area (Å²) in [7, 11) is 0. The van der Waals surface area contributed by atoms with Crippen molar-refractivity contribution < 1.29 is 4.74 Å². The van der Waals surface area contributed by atoms with E-state index in [1.807, 2.05) is 30.3 Å². The fourth-order valence-electron chi connectivity index (χ4n) is 1.83. The van der Waals surface area contributed by atoms with E-state index in [-0.39, 0.29) is 5.60 Å². The summed E-state index contributed by atoms with van der Waals surface area (Å²) in [6.45, 7) is 5.12. The Balaban J connectivity index is 2.16. The van der Waals surface area contributed by atoms with Crippen molar-refractivity contribution in [1.29, 1.82) is 0 Å². The first-order valence-corrected chi connectivity index (χ1v) is 5.58. The molecular weight excluding hydrogens is 186 g/mol. The summed E-state index contributed by atoms with van der Waals surface area (Å²) in [5.74, 6) is 0.805. The molecule has 1 aromatic rings. The zero-order chi connectivity index (χ0) is 10.7. The number of aliphatic imine (C=N–C) groups is 1. The monoisotopic (exact) mass is 203 g/mol. The summed E-state index contributed by atoms with van der Waals surface area (Å²) in [6.07, 6.45) is 2.03. The maximum Gasteiger partial charge on any atom is 0.216 e. The van der Waals surface area contributed by atoms with Gasteiger partial charge in [-0.1, -0.05) is 32.0 Å². The second kappa shape index (κ2) is 4.05. The quantitative estimate of drug-likeness (QED) is 0.740. The molecule has 2 heteroatoms. The van der Waals surface area contributed by atoms with Gasteiger partial charge in [0, 0.05) is 5.56 Å². The van der Waals surface area contributed by atoms with Crippen molar-refractivity contribution in [3.05, 3.63) is 35.9 Å². The highest BCUT2D eigenvalue weighted by Gasteiger charge is 2.34. The van der Waals surface area contributed by atoms with Gasteiger partial charge in [0.15, 0.2) is 0 Å². The molecule has 0 saturated carbocycles. The number of nitrogens with zero attached hydrogens (tertiary/aromatic N) is 1. The van der Waals surface area contributed by atoms with Gasteiger partial charge in [0.2, 0.25) is 5.90 Å². The topological polar surface area (TPSA) is 21.6 Å². The predicted molar refractivity (Wildman–Crippen MR) is 62.2 cm³/mol. The molecule has 0 aliphatic carbocycles. The molecule has 2 nitrogen and oxygen atoms in total. The summed E-state index contributed by atoms with van der Waals surface area (Å²) in [5, 5.41) is 0. The Hall–Kier alpha value is -1.31. The molecular formula is C13H17NO. The van der Waals surface area contributed by atoms with E-state index >= 15 is 0 Å². The molecule has 2 rings (SSSR count). The van der Waals surface area contributed by atoms with Gasteiger partial charge in [-0.2, -0.15) is 0 Å². The average Bonchev–Trinajstić information content (AvgIpc) is 2.75. The number of benzene rings is 1. The van der Waals surface area contributed by atoms with Crippen LogP contribution >= 0.6 is 0 Å². The average molecular weight is 203 g/mol. The minimum absolute atomic E-state index is 0.0504. The van der Waals surface area contributed by atoms with Gasteiger partial charge in [-0.3, -0.25) is 0 Å². The van der Waals surface area contributed by atoms with Crippen LogP contribution in [0.1, 0.15) is 32.3 Å². The molecule has 80 valence electrons. The molecule has 0 atom stereocenters. The van der Waals surface area contributed by atoms with Crippen LogP contribution in [0, 0.1) is 0 Å². The van der Waals surface area contributed by atoms with Crippen LogP contribution in [0.25, 0.3) is 0 Å². The van der Waals surface area contributed by atoms with Crippen molar-refractivity contribution in [2.75, 3.05) is 6.54 Å². The number of hydrogen-bond donors (Lipinski definition) is 0. The molecule has 1 aliphatic rings. The molecule has 15 heavy (non-hydrogen) atoms. The molecule has 1 heterocycles. The largest absolute Gasteiger partial charge is 0.469 e. The first-order valence-electron chi connectivity index (χ1n) is 5.58. The second-order valence-corrected chi connectivity index (χ2v) is 3.98. The number of rotatable bonds is 3. The van der Waals surface area contributed by atoms with Gasteiger partial charge in [0.1, 0.15) is 5.60 Å². The molecule has 1 aromatic carbocycles. The maximum atomic E-state index is 5.98. The number of ether oxygens (including phenoxy) is 1. The molecule has 0 unspecified atom stereocenters. The summed E-state index contributed by atoms with van der Waals surface area (Å²) in [5.41, 5.74) is 1.03. The van der Waals surface area contributed by atoms with Crippen molar-refractivity contribution in [1.82, 2.24) is 0 Å². The van der Waals surface area contributed by atoms with Crippen LogP contribution in [0.3, 0.4) is 0 Å². The van der Waals surface area contributed by atoms with E-state index in [0.29, 0.717) is 0 Å². The lowest BCUT2D eigenvalue weighted by Crippen LogP contribution is -2.31. The van der Waals surface area contributed by atoms with Crippen molar-refractivity contribution in [2.45, 2.75) is 32.3 Å². The third-order valence-corrected chi connectivity index (χ3v) is 3.13. The van der Waals surface area contributed by atoms with Crippen LogP contribution in [0.15, 0.2) is 35.3 Å². The fraction of sp³-hybridized carbons (Fsp3) is 0.462. The molecule has 0 amide bonds. The van der Waals surface area contributed by atoms with Gasteiger partial charge in [-0.05, 0) is 25.0 Å². The summed E-state index contributed by atoms with van der Waals surface area (Å²) in [4.78, 5) is 4.50. The van der Waals surface area contributed by atoms with E-state index in [9.17, 15) is 0 Å². The second-order valence-electron chi connectivity index (χ2n) is 3.98. The third kappa shape index (κ3) is 1.89. The molecule has 0 radical (unpaired) electrons. The standard InChI is InChI=1S/C13H17NO/c1-3-13(4-2)10-14-12(15-13)11-8-6-5-7-9-11/h5-9H,3-4,10H2,1-2H3. The summed E-state index contributed by atoms with van der Waals surface area (Å²) in [6, 6.07) is 10.1. The Morgan fingerprint density at radius 1 is 1.20 bits per heavy atom. The first kappa shape index (κ1) is 10.2. The van der Waals surface area contributed by atoms with Crippen LogP contribution in [-0.4, -0.2) is 18.0 Å². The van der Waals surface area contributed by atoms with Gasteiger partial charge >= 0.3 is 0 Å². The SMILES string of the molecule is CCC1(CC)CN=C(c2ccccc2)O1. The normalized spacial score (nSPS) is 18.4. The van der Waals surface area contributed by atoms with Crippen LogP contribution in [0.5, 0.6) is 0 Å². The Morgan fingerprint density at radius 3 is 2.40 bits per heavy atom. The van der Waals surface area contributed by atoms with E-state index in [2.05, 4.69) is 18.8 Å². The van der Waals surface area contributed by atoms with Gasteiger partial charge < -0.3 is 4.74 Å². The van der Waals surface area contributed by atoms with Crippen molar-refractivity contribution in [2.24, 2.45) is 4.99 Å². The van der Waals surface area contributed by atoms with Crippen molar-refractivity contribution >= 4 is 5.90 Å². The van der Waals surface area contributed by atoms with E-state index < -0.39 is 0 Å². The lowest BCUT2D eigenvalue weighted by Gasteiger charge is -2.25. The Bertz CT molecular complexity index is 352. The summed E-state index contributed by atoms with van der Waals surface area (Å²) >= 11 is 0. The smallest absolute Gasteiger partial charge is 0.216 e. The van der Waals surface area contributed by atoms with Gasteiger partial charge in [0.25, 0.3) is 0 Å². The molecule has 0 bridgehead atoms. The Morgan fingerprint density at radius 2 is 1.87 bits per heavy atom. The Labute approximate surface area is 91.0 Å². The lowest BCUT2D eigenvalue weighted by atomic mass is 9.98.